The van der Waals surface area contributed by atoms with Crippen LogP contribution in [0.25, 0.3) is 0 Å². The van der Waals surface area contributed by atoms with Crippen LogP contribution in [0, 0.1) is 11.8 Å². The predicted octanol–water partition coefficient (Wildman–Crippen LogP) is 4.56. The maximum atomic E-state index is 5.69. The molecule has 1 saturated carbocycles. The highest BCUT2D eigenvalue weighted by Crippen LogP contribution is 2.30. The Kier molecular flexibility index (Phi) is 6.81. The number of benzene rings is 1. The smallest absolute Gasteiger partial charge is 0.124 e. The lowest BCUT2D eigenvalue weighted by atomic mass is 9.81. The molecule has 1 fully saturated rings. The van der Waals surface area contributed by atoms with Gasteiger partial charge in [0, 0.05) is 12.1 Å². The summed E-state index contributed by atoms with van der Waals surface area (Å²) >= 11 is 0. The second-order valence-corrected chi connectivity index (χ2v) is 6.31. The van der Waals surface area contributed by atoms with Gasteiger partial charge in [-0.2, -0.15) is 0 Å². The van der Waals surface area contributed by atoms with Crippen molar-refractivity contribution in [3.05, 3.63) is 42.5 Å². The van der Waals surface area contributed by atoms with Gasteiger partial charge in [-0.1, -0.05) is 57.0 Å². The topological polar surface area (TPSA) is 21.3 Å². The van der Waals surface area contributed by atoms with Crippen molar-refractivity contribution in [3.8, 4) is 5.75 Å². The molecule has 21 heavy (non-hydrogen) atoms. The van der Waals surface area contributed by atoms with Crippen LogP contribution in [0.5, 0.6) is 5.75 Å². The van der Waals surface area contributed by atoms with Crippen molar-refractivity contribution in [2.24, 2.45) is 11.8 Å². The largest absolute Gasteiger partial charge is 0.489 e. The quantitative estimate of drug-likeness (QED) is 0.559. The molecule has 0 heterocycles. The molecular weight excluding hydrogens is 258 g/mol. The fourth-order valence-corrected chi connectivity index (χ4v) is 3.29. The summed E-state index contributed by atoms with van der Waals surface area (Å²) in [5, 5.41) is 3.57. The zero-order valence-electron chi connectivity index (χ0n) is 13.3. The second-order valence-electron chi connectivity index (χ2n) is 6.31. The summed E-state index contributed by atoms with van der Waals surface area (Å²) < 4.78 is 5.69. The minimum Gasteiger partial charge on any atom is -0.489 e. The van der Waals surface area contributed by atoms with Gasteiger partial charge in [-0.3, -0.25) is 0 Å². The van der Waals surface area contributed by atoms with Gasteiger partial charge in [0.2, 0.25) is 0 Å². The Labute approximate surface area is 129 Å². The third-order valence-corrected chi connectivity index (χ3v) is 4.42. The normalized spacial score (nSPS) is 22.0. The average molecular weight is 287 g/mol. The number of ether oxygens (including phenoxy) is 1. The molecule has 2 unspecified atom stereocenters. The molecule has 1 aromatic rings. The summed E-state index contributed by atoms with van der Waals surface area (Å²) in [6, 6.07) is 8.25. The second kappa shape index (κ2) is 8.89. The van der Waals surface area contributed by atoms with Crippen molar-refractivity contribution in [1.82, 2.24) is 5.32 Å². The van der Waals surface area contributed by atoms with Gasteiger partial charge in [-0.25, -0.2) is 0 Å². The number of rotatable bonds is 8. The molecular formula is C19H29NO. The molecule has 1 N–H and O–H groups in total. The Bertz CT molecular complexity index is 429. The third-order valence-electron chi connectivity index (χ3n) is 4.42. The summed E-state index contributed by atoms with van der Waals surface area (Å²) in [4.78, 5) is 0. The maximum absolute atomic E-state index is 5.69. The molecule has 0 amide bonds. The van der Waals surface area contributed by atoms with E-state index < -0.39 is 0 Å². The highest BCUT2D eigenvalue weighted by Gasteiger charge is 2.18. The van der Waals surface area contributed by atoms with Crippen molar-refractivity contribution in [3.63, 3.8) is 0 Å². The van der Waals surface area contributed by atoms with Crippen LogP contribution >= 0.6 is 0 Å². The summed E-state index contributed by atoms with van der Waals surface area (Å²) in [6.07, 6.45) is 8.78. The minimum absolute atomic E-state index is 0.566. The summed E-state index contributed by atoms with van der Waals surface area (Å²) in [5.74, 6) is 2.82. The van der Waals surface area contributed by atoms with Gasteiger partial charge in [0.1, 0.15) is 12.4 Å². The lowest BCUT2D eigenvalue weighted by Gasteiger charge is -2.26. The first-order valence-electron chi connectivity index (χ1n) is 8.32. The summed E-state index contributed by atoms with van der Waals surface area (Å²) in [5.41, 5.74) is 1.23. The molecule has 0 bridgehead atoms. The van der Waals surface area contributed by atoms with Gasteiger partial charge >= 0.3 is 0 Å². The van der Waals surface area contributed by atoms with Crippen molar-refractivity contribution in [2.75, 3.05) is 13.2 Å². The van der Waals surface area contributed by atoms with E-state index in [-0.39, 0.29) is 0 Å². The summed E-state index contributed by atoms with van der Waals surface area (Å²) in [6.45, 7) is 8.65. The monoisotopic (exact) mass is 287 g/mol. The van der Waals surface area contributed by atoms with E-state index in [1.165, 1.54) is 37.7 Å². The molecule has 1 aliphatic carbocycles. The Morgan fingerprint density at radius 3 is 3.00 bits per heavy atom. The highest BCUT2D eigenvalue weighted by atomic mass is 16.5. The fraction of sp³-hybridized carbons (Fsp3) is 0.579. The van der Waals surface area contributed by atoms with Crippen molar-refractivity contribution >= 4 is 0 Å². The van der Waals surface area contributed by atoms with Gasteiger partial charge in [0.05, 0.1) is 0 Å². The number of para-hydroxylation sites is 1. The Morgan fingerprint density at radius 1 is 1.33 bits per heavy atom. The van der Waals surface area contributed by atoms with Gasteiger partial charge in [0.15, 0.2) is 0 Å². The van der Waals surface area contributed by atoms with Crippen LogP contribution in [0.2, 0.25) is 0 Å². The molecule has 2 heteroatoms. The summed E-state index contributed by atoms with van der Waals surface area (Å²) in [7, 11) is 0. The predicted molar refractivity (Wildman–Crippen MR) is 89.6 cm³/mol. The molecule has 0 spiro atoms. The number of nitrogens with one attached hydrogen (secondary N) is 1. The highest BCUT2D eigenvalue weighted by molar-refractivity contribution is 5.33. The Hall–Kier alpha value is -1.28. The van der Waals surface area contributed by atoms with E-state index in [0.717, 1.165) is 30.7 Å². The van der Waals surface area contributed by atoms with Crippen LogP contribution in [0.4, 0.5) is 0 Å². The van der Waals surface area contributed by atoms with Crippen LogP contribution in [-0.4, -0.2) is 13.2 Å². The van der Waals surface area contributed by atoms with Crippen molar-refractivity contribution in [2.45, 2.75) is 45.6 Å². The molecule has 1 aliphatic rings. The zero-order chi connectivity index (χ0) is 14.9. The molecule has 1 aromatic carbocycles. The molecule has 0 saturated heterocycles. The first-order chi connectivity index (χ1) is 10.3. The third kappa shape index (κ3) is 5.55. The van der Waals surface area contributed by atoms with E-state index in [0.29, 0.717) is 6.61 Å². The van der Waals surface area contributed by atoms with E-state index in [1.807, 2.05) is 12.1 Å². The molecule has 116 valence electrons. The van der Waals surface area contributed by atoms with Crippen LogP contribution in [0.1, 0.15) is 44.6 Å². The SMILES string of the molecule is C=CCOc1ccccc1CNCCC1CCCC(C)C1. The number of hydrogen-bond donors (Lipinski definition) is 1. The van der Waals surface area contributed by atoms with Gasteiger partial charge in [-0.05, 0) is 37.3 Å². The van der Waals surface area contributed by atoms with Gasteiger partial charge < -0.3 is 10.1 Å². The lowest BCUT2D eigenvalue weighted by molar-refractivity contribution is 0.267. The van der Waals surface area contributed by atoms with E-state index >= 15 is 0 Å². The van der Waals surface area contributed by atoms with Crippen LogP contribution < -0.4 is 10.1 Å². The molecule has 2 nitrogen and oxygen atoms in total. The zero-order valence-corrected chi connectivity index (χ0v) is 13.3. The molecule has 2 atom stereocenters. The lowest BCUT2D eigenvalue weighted by Crippen LogP contribution is -2.21. The van der Waals surface area contributed by atoms with Crippen LogP contribution in [-0.2, 0) is 6.54 Å². The molecule has 0 radical (unpaired) electrons. The van der Waals surface area contributed by atoms with Gasteiger partial charge in [-0.15, -0.1) is 0 Å². The number of hydrogen-bond acceptors (Lipinski definition) is 2. The van der Waals surface area contributed by atoms with E-state index in [2.05, 4.69) is 31.0 Å². The Morgan fingerprint density at radius 2 is 2.19 bits per heavy atom. The fourth-order valence-electron chi connectivity index (χ4n) is 3.29. The Balaban J connectivity index is 1.71. The van der Waals surface area contributed by atoms with Crippen LogP contribution in [0.3, 0.4) is 0 Å². The first kappa shape index (κ1) is 16.1. The molecule has 0 aliphatic heterocycles. The van der Waals surface area contributed by atoms with Crippen molar-refractivity contribution in [1.29, 1.82) is 0 Å². The standard InChI is InChI=1S/C19H29NO/c1-3-13-21-19-10-5-4-9-18(19)15-20-12-11-17-8-6-7-16(2)14-17/h3-5,9-10,16-17,20H,1,6-8,11-15H2,2H3. The van der Waals surface area contributed by atoms with E-state index in [4.69, 9.17) is 4.74 Å². The average Bonchev–Trinajstić information content (AvgIpc) is 2.50. The van der Waals surface area contributed by atoms with E-state index in [9.17, 15) is 0 Å². The van der Waals surface area contributed by atoms with E-state index in [1.54, 1.807) is 6.08 Å². The maximum Gasteiger partial charge on any atom is 0.124 e. The molecule has 2 rings (SSSR count). The van der Waals surface area contributed by atoms with Crippen molar-refractivity contribution < 1.29 is 4.74 Å². The van der Waals surface area contributed by atoms with Gasteiger partial charge in [0.25, 0.3) is 0 Å². The van der Waals surface area contributed by atoms with Crippen LogP contribution in [0.15, 0.2) is 36.9 Å². The first-order valence-corrected chi connectivity index (χ1v) is 8.32. The molecule has 0 aromatic heterocycles. The minimum atomic E-state index is 0.566.